The third-order valence-corrected chi connectivity index (χ3v) is 3.62. The van der Waals surface area contributed by atoms with Crippen LogP contribution in [0.3, 0.4) is 0 Å². The molecule has 3 rings (SSSR count). The fraction of sp³-hybridized carbons (Fsp3) is 0.200. The van der Waals surface area contributed by atoms with Crippen LogP contribution in [-0.2, 0) is 0 Å². The Hall–Kier alpha value is -3.48. The minimum atomic E-state index is 0.0212. The van der Waals surface area contributed by atoms with E-state index in [0.29, 0.717) is 17.3 Å². The van der Waals surface area contributed by atoms with Crippen LogP contribution in [0.2, 0.25) is 0 Å². The number of Topliss-reactive ketones (excluding diaryl/α,β-unsaturated/α-hetero) is 1. The van der Waals surface area contributed by atoms with Crippen LogP contribution >= 0.6 is 0 Å². The highest BCUT2D eigenvalue weighted by atomic mass is 16.5. The lowest BCUT2D eigenvalue weighted by Crippen LogP contribution is -2.08. The summed E-state index contributed by atoms with van der Waals surface area (Å²) in [6.45, 7) is 5.48. The number of nitrogens with zero attached hydrogens (tertiary/aromatic N) is 3. The molecule has 0 spiro atoms. The summed E-state index contributed by atoms with van der Waals surface area (Å²) < 4.78 is 5.80. The zero-order valence-corrected chi connectivity index (χ0v) is 15.4. The lowest BCUT2D eigenvalue weighted by Gasteiger charge is -2.15. The summed E-state index contributed by atoms with van der Waals surface area (Å²) in [5.41, 5.74) is 2.21. The van der Waals surface area contributed by atoms with Crippen molar-refractivity contribution >= 4 is 28.9 Å². The van der Waals surface area contributed by atoms with Crippen molar-refractivity contribution in [3.8, 4) is 5.75 Å². The van der Waals surface area contributed by atoms with Gasteiger partial charge in [0.1, 0.15) is 5.75 Å². The Morgan fingerprint density at radius 1 is 1.04 bits per heavy atom. The number of aromatic nitrogens is 3. The third-order valence-electron chi connectivity index (χ3n) is 3.62. The first-order valence-corrected chi connectivity index (χ1v) is 8.62. The molecular weight excluding hydrogens is 342 g/mol. The van der Waals surface area contributed by atoms with Crippen molar-refractivity contribution in [1.29, 1.82) is 0 Å². The Kier molecular flexibility index (Phi) is 5.61. The first-order chi connectivity index (χ1) is 13.0. The molecule has 3 aromatic rings. The highest BCUT2D eigenvalue weighted by Gasteiger charge is 2.08. The van der Waals surface area contributed by atoms with Gasteiger partial charge in [-0.25, -0.2) is 0 Å². The van der Waals surface area contributed by atoms with E-state index >= 15 is 0 Å². The fourth-order valence-corrected chi connectivity index (χ4v) is 2.40. The number of carbonyl (C=O) groups is 1. The number of rotatable bonds is 7. The van der Waals surface area contributed by atoms with Crippen LogP contribution in [-0.4, -0.2) is 27.1 Å². The van der Waals surface area contributed by atoms with Crippen LogP contribution in [0.5, 0.6) is 5.75 Å². The number of ether oxygens (including phenoxy) is 1. The van der Waals surface area contributed by atoms with Crippen molar-refractivity contribution in [1.82, 2.24) is 15.2 Å². The van der Waals surface area contributed by atoms with E-state index in [4.69, 9.17) is 4.74 Å². The molecule has 138 valence electrons. The maximum Gasteiger partial charge on any atom is 0.249 e. The van der Waals surface area contributed by atoms with E-state index in [0.717, 1.165) is 17.1 Å². The quantitative estimate of drug-likeness (QED) is 0.603. The van der Waals surface area contributed by atoms with Gasteiger partial charge in [-0.1, -0.05) is 12.1 Å². The lowest BCUT2D eigenvalue weighted by atomic mass is 10.1. The molecule has 1 aromatic heterocycles. The topological polar surface area (TPSA) is 89.0 Å². The van der Waals surface area contributed by atoms with Crippen LogP contribution in [0.4, 0.5) is 23.1 Å². The minimum Gasteiger partial charge on any atom is -0.489 e. The van der Waals surface area contributed by atoms with Gasteiger partial charge in [0.25, 0.3) is 0 Å². The fourth-order valence-electron chi connectivity index (χ4n) is 2.40. The molecule has 0 amide bonds. The van der Waals surface area contributed by atoms with Crippen molar-refractivity contribution in [3.05, 3.63) is 60.3 Å². The van der Waals surface area contributed by atoms with Crippen molar-refractivity contribution in [2.75, 3.05) is 10.6 Å². The van der Waals surface area contributed by atoms with Gasteiger partial charge in [0.2, 0.25) is 5.95 Å². The van der Waals surface area contributed by atoms with Gasteiger partial charge >= 0.3 is 0 Å². The largest absolute Gasteiger partial charge is 0.489 e. The molecule has 0 aliphatic carbocycles. The highest BCUT2D eigenvalue weighted by molar-refractivity contribution is 5.94. The molecule has 2 aromatic carbocycles. The number of carbonyl (C=O) groups excluding carboxylic acids is 1. The summed E-state index contributed by atoms with van der Waals surface area (Å²) in [5, 5.41) is 14.3. The van der Waals surface area contributed by atoms with Gasteiger partial charge in [-0.3, -0.25) is 4.79 Å². The van der Waals surface area contributed by atoms with Gasteiger partial charge in [0.15, 0.2) is 11.6 Å². The van der Waals surface area contributed by atoms with Gasteiger partial charge in [0, 0.05) is 11.3 Å². The number of ketones is 1. The zero-order chi connectivity index (χ0) is 19.2. The van der Waals surface area contributed by atoms with Crippen LogP contribution in [0.1, 0.15) is 31.1 Å². The SMILES string of the molecule is CC(=O)c1ccc(Nc2nncc(Nc3ccccc3OC(C)C)n2)cc1. The summed E-state index contributed by atoms with van der Waals surface area (Å²) in [7, 11) is 0. The first-order valence-electron chi connectivity index (χ1n) is 8.62. The van der Waals surface area contributed by atoms with Crippen LogP contribution in [0, 0.1) is 0 Å². The number of nitrogens with one attached hydrogen (secondary N) is 2. The number of benzene rings is 2. The third kappa shape index (κ3) is 5.01. The summed E-state index contributed by atoms with van der Waals surface area (Å²) in [6, 6.07) is 14.7. The molecule has 2 N–H and O–H groups in total. The van der Waals surface area contributed by atoms with E-state index < -0.39 is 0 Å². The molecule has 7 nitrogen and oxygen atoms in total. The second-order valence-electron chi connectivity index (χ2n) is 6.21. The molecule has 0 atom stereocenters. The predicted octanol–water partition coefficient (Wildman–Crippen LogP) is 4.35. The summed E-state index contributed by atoms with van der Waals surface area (Å²) >= 11 is 0. The van der Waals surface area contributed by atoms with Crippen molar-refractivity contribution in [2.45, 2.75) is 26.9 Å². The summed E-state index contributed by atoms with van der Waals surface area (Å²) in [6.07, 6.45) is 1.60. The Labute approximate surface area is 157 Å². The highest BCUT2D eigenvalue weighted by Crippen LogP contribution is 2.27. The van der Waals surface area contributed by atoms with Gasteiger partial charge in [0.05, 0.1) is 18.0 Å². The van der Waals surface area contributed by atoms with E-state index in [1.807, 2.05) is 38.1 Å². The molecular formula is C20H21N5O2. The van der Waals surface area contributed by atoms with Gasteiger partial charge in [-0.05, 0) is 57.2 Å². The Balaban J connectivity index is 1.75. The predicted molar refractivity (Wildman–Crippen MR) is 105 cm³/mol. The average molecular weight is 363 g/mol. The maximum absolute atomic E-state index is 11.4. The van der Waals surface area contributed by atoms with Gasteiger partial charge in [-0.2, -0.15) is 10.1 Å². The molecule has 0 fully saturated rings. The molecule has 0 unspecified atom stereocenters. The van der Waals surface area contributed by atoms with E-state index in [1.54, 1.807) is 24.3 Å². The second kappa shape index (κ2) is 8.27. The molecule has 7 heteroatoms. The molecule has 1 heterocycles. The molecule has 0 bridgehead atoms. The van der Waals surface area contributed by atoms with Gasteiger partial charge in [-0.15, -0.1) is 5.10 Å². The summed E-state index contributed by atoms with van der Waals surface area (Å²) in [4.78, 5) is 15.8. The number of hydrogen-bond acceptors (Lipinski definition) is 7. The van der Waals surface area contributed by atoms with E-state index in [9.17, 15) is 4.79 Å². The lowest BCUT2D eigenvalue weighted by molar-refractivity contribution is 0.101. The van der Waals surface area contributed by atoms with E-state index in [-0.39, 0.29) is 11.9 Å². The van der Waals surface area contributed by atoms with Crippen LogP contribution in [0.25, 0.3) is 0 Å². The second-order valence-corrected chi connectivity index (χ2v) is 6.21. The van der Waals surface area contributed by atoms with E-state index in [1.165, 1.54) is 13.1 Å². The number of para-hydroxylation sites is 2. The average Bonchev–Trinajstić information content (AvgIpc) is 2.64. The normalized spacial score (nSPS) is 10.5. The molecule has 0 saturated carbocycles. The first kappa shape index (κ1) is 18.3. The Morgan fingerprint density at radius 3 is 2.48 bits per heavy atom. The molecule has 0 aliphatic heterocycles. The monoisotopic (exact) mass is 363 g/mol. The van der Waals surface area contributed by atoms with Crippen LogP contribution < -0.4 is 15.4 Å². The molecule has 27 heavy (non-hydrogen) atoms. The number of hydrogen-bond donors (Lipinski definition) is 2. The van der Waals surface area contributed by atoms with Gasteiger partial charge < -0.3 is 15.4 Å². The van der Waals surface area contributed by atoms with Crippen molar-refractivity contribution in [2.24, 2.45) is 0 Å². The Bertz CT molecular complexity index is 926. The summed E-state index contributed by atoms with van der Waals surface area (Å²) in [5.74, 6) is 1.64. The maximum atomic E-state index is 11.4. The molecule has 0 saturated heterocycles. The molecule has 0 aliphatic rings. The Morgan fingerprint density at radius 2 is 1.78 bits per heavy atom. The smallest absolute Gasteiger partial charge is 0.249 e. The standard InChI is InChI=1S/C20H21N5O2/c1-13(2)27-18-7-5-4-6-17(18)23-19-12-21-25-20(24-19)22-16-10-8-15(9-11-16)14(3)26/h4-13H,1-3H3,(H2,22,23,24,25). The number of anilines is 4. The van der Waals surface area contributed by atoms with Crippen molar-refractivity contribution < 1.29 is 9.53 Å². The van der Waals surface area contributed by atoms with E-state index in [2.05, 4.69) is 25.8 Å². The zero-order valence-electron chi connectivity index (χ0n) is 15.4. The minimum absolute atomic E-state index is 0.0212. The van der Waals surface area contributed by atoms with Crippen LogP contribution in [0.15, 0.2) is 54.7 Å². The molecule has 0 radical (unpaired) electrons. The van der Waals surface area contributed by atoms with Crippen molar-refractivity contribution in [3.63, 3.8) is 0 Å².